The van der Waals surface area contributed by atoms with E-state index in [0.717, 1.165) is 45.0 Å². The van der Waals surface area contributed by atoms with Gasteiger partial charge in [-0.05, 0) is 93.9 Å². The number of piperidine rings is 3. The minimum absolute atomic E-state index is 0.0764. The Morgan fingerprint density at radius 3 is 1.84 bits per heavy atom. The highest BCUT2D eigenvalue weighted by Gasteiger charge is 2.33. The van der Waals surface area contributed by atoms with Gasteiger partial charge in [-0.15, -0.1) is 0 Å². The first-order chi connectivity index (χ1) is 20.2. The smallest absolute Gasteiger partial charge is 0.223 e. The maximum Gasteiger partial charge on any atom is 0.223 e. The first kappa shape index (κ1) is 34.2. The molecule has 4 rings (SSSR count). The third kappa shape index (κ3) is 9.42. The largest absolute Gasteiger partial charge is 0.340 e. The van der Waals surface area contributed by atoms with Crippen LogP contribution in [0.5, 0.6) is 0 Å². The molecular formula is C30H48F2N4O5S2. The minimum Gasteiger partial charge on any atom is -0.340 e. The Balaban J connectivity index is 1.30. The molecule has 1 amide bonds. The molecule has 3 saturated heterocycles. The fourth-order valence-electron chi connectivity index (χ4n) is 7.30. The van der Waals surface area contributed by atoms with Gasteiger partial charge in [-0.3, -0.25) is 4.79 Å². The fraction of sp³-hybridized carbons (Fsp3) is 0.767. The molecule has 0 aliphatic carbocycles. The molecule has 1 aromatic carbocycles. The van der Waals surface area contributed by atoms with Gasteiger partial charge in [0.05, 0.1) is 12.5 Å². The topological polar surface area (TPSA) is 98.3 Å². The van der Waals surface area contributed by atoms with E-state index in [1.807, 2.05) is 11.8 Å². The Kier molecular flexibility index (Phi) is 11.6. The predicted octanol–water partition coefficient (Wildman–Crippen LogP) is 3.48. The Bertz CT molecular complexity index is 1290. The number of nitrogens with zero attached hydrogens (tertiary/aromatic N) is 4. The van der Waals surface area contributed by atoms with E-state index in [2.05, 4.69) is 4.90 Å². The molecule has 0 aromatic heterocycles. The number of carbonyl (C=O) groups excluding carboxylic acids is 1. The molecule has 43 heavy (non-hydrogen) atoms. The summed E-state index contributed by atoms with van der Waals surface area (Å²) in [5.41, 5.74) is 0.635. The van der Waals surface area contributed by atoms with Crippen LogP contribution in [0.3, 0.4) is 0 Å². The van der Waals surface area contributed by atoms with E-state index in [4.69, 9.17) is 0 Å². The quantitative estimate of drug-likeness (QED) is 0.365. The number of amides is 1. The summed E-state index contributed by atoms with van der Waals surface area (Å²) >= 11 is 0. The van der Waals surface area contributed by atoms with E-state index in [0.29, 0.717) is 70.4 Å². The summed E-state index contributed by atoms with van der Waals surface area (Å²) in [5.74, 6) is -0.790. The van der Waals surface area contributed by atoms with Gasteiger partial charge in [0.25, 0.3) is 0 Å². The Morgan fingerprint density at radius 2 is 1.35 bits per heavy atom. The Hall–Kier alpha value is -1.67. The van der Waals surface area contributed by atoms with Gasteiger partial charge < -0.3 is 9.80 Å². The number of hydrogen-bond donors (Lipinski definition) is 0. The predicted molar refractivity (Wildman–Crippen MR) is 163 cm³/mol. The third-order valence-electron chi connectivity index (χ3n) is 9.77. The molecule has 0 unspecified atom stereocenters. The molecule has 1 aromatic rings. The van der Waals surface area contributed by atoms with Crippen LogP contribution in [0.1, 0.15) is 69.8 Å². The average molecular weight is 647 g/mol. The number of benzene rings is 1. The normalized spacial score (nSPS) is 22.1. The van der Waals surface area contributed by atoms with Gasteiger partial charge in [0.2, 0.25) is 26.0 Å². The van der Waals surface area contributed by atoms with Crippen molar-refractivity contribution in [2.75, 3.05) is 64.9 Å². The second-order valence-corrected chi connectivity index (χ2v) is 16.6. The highest BCUT2D eigenvalue weighted by atomic mass is 32.2. The van der Waals surface area contributed by atoms with Gasteiger partial charge >= 0.3 is 0 Å². The van der Waals surface area contributed by atoms with Crippen LogP contribution < -0.4 is 0 Å². The summed E-state index contributed by atoms with van der Waals surface area (Å²) in [5, 5.41) is 0. The van der Waals surface area contributed by atoms with E-state index in [-0.39, 0.29) is 29.7 Å². The summed E-state index contributed by atoms with van der Waals surface area (Å²) in [6.45, 7) is 6.86. The number of rotatable bonds is 11. The first-order valence-electron chi connectivity index (χ1n) is 15.6. The summed E-state index contributed by atoms with van der Waals surface area (Å²) in [6.07, 6.45) is 8.06. The molecule has 0 saturated carbocycles. The summed E-state index contributed by atoms with van der Waals surface area (Å²) in [4.78, 5) is 17.6. The fourth-order valence-corrected chi connectivity index (χ4v) is 9.05. The van der Waals surface area contributed by atoms with Crippen molar-refractivity contribution in [3.05, 3.63) is 35.4 Å². The number of carbonyl (C=O) groups is 1. The van der Waals surface area contributed by atoms with E-state index in [1.165, 1.54) is 33.3 Å². The average Bonchev–Trinajstić information content (AvgIpc) is 2.93. The highest BCUT2D eigenvalue weighted by Crippen LogP contribution is 2.37. The van der Waals surface area contributed by atoms with Crippen molar-refractivity contribution in [1.29, 1.82) is 0 Å². The first-order valence-corrected chi connectivity index (χ1v) is 19.3. The summed E-state index contributed by atoms with van der Waals surface area (Å²) < 4.78 is 79.0. The lowest BCUT2D eigenvalue weighted by Gasteiger charge is -2.40. The van der Waals surface area contributed by atoms with Gasteiger partial charge in [-0.25, -0.2) is 34.2 Å². The number of sulfonamides is 2. The lowest BCUT2D eigenvalue weighted by Crippen LogP contribution is -2.48. The van der Waals surface area contributed by atoms with E-state index < -0.39 is 31.7 Å². The number of hydrogen-bond acceptors (Lipinski definition) is 6. The summed E-state index contributed by atoms with van der Waals surface area (Å²) in [7, 11) is -6.46. The summed E-state index contributed by atoms with van der Waals surface area (Å²) in [6, 6.07) is 3.88. The molecule has 3 fully saturated rings. The van der Waals surface area contributed by atoms with Crippen LogP contribution in [-0.4, -0.2) is 112 Å². The van der Waals surface area contributed by atoms with Crippen molar-refractivity contribution in [3.63, 3.8) is 0 Å². The Morgan fingerprint density at radius 1 is 0.837 bits per heavy atom. The van der Waals surface area contributed by atoms with Crippen molar-refractivity contribution in [2.24, 2.45) is 11.8 Å². The van der Waals surface area contributed by atoms with Crippen LogP contribution in [0.25, 0.3) is 0 Å². The van der Waals surface area contributed by atoms with Crippen LogP contribution in [0.2, 0.25) is 0 Å². The van der Waals surface area contributed by atoms with Gasteiger partial charge in [0.15, 0.2) is 0 Å². The zero-order valence-electron chi connectivity index (χ0n) is 25.8. The van der Waals surface area contributed by atoms with E-state index >= 15 is 0 Å². The van der Waals surface area contributed by atoms with Crippen LogP contribution in [0.4, 0.5) is 8.78 Å². The third-order valence-corrected chi connectivity index (χ3v) is 12.4. The van der Waals surface area contributed by atoms with E-state index in [1.54, 1.807) is 0 Å². The molecule has 9 nitrogen and oxygen atoms in total. The molecule has 3 heterocycles. The van der Waals surface area contributed by atoms with Crippen LogP contribution in [0, 0.1) is 23.5 Å². The van der Waals surface area contributed by atoms with Crippen LogP contribution in [0.15, 0.2) is 18.2 Å². The number of halogens is 2. The highest BCUT2D eigenvalue weighted by molar-refractivity contribution is 7.88. The SMILES string of the molecule is CCN(C(=O)CC1CCN(S(C)(=O)=O)CC1)C1CCN(CC[C@@H](c2cc(F)cc(F)c2)C2CCN(S(C)(=O)=O)CC2)CC1. The Labute approximate surface area is 256 Å². The minimum atomic E-state index is -3.27. The van der Waals surface area contributed by atoms with Gasteiger partial charge in [0.1, 0.15) is 11.6 Å². The molecule has 3 aliphatic heterocycles. The van der Waals surface area contributed by atoms with Crippen molar-refractivity contribution in [3.8, 4) is 0 Å². The molecule has 3 aliphatic rings. The number of likely N-dealkylation sites (tertiary alicyclic amines) is 1. The van der Waals surface area contributed by atoms with Gasteiger partial charge in [-0.1, -0.05) is 0 Å². The van der Waals surface area contributed by atoms with Crippen molar-refractivity contribution >= 4 is 26.0 Å². The zero-order chi connectivity index (χ0) is 31.4. The van der Waals surface area contributed by atoms with Crippen molar-refractivity contribution < 1.29 is 30.4 Å². The second-order valence-electron chi connectivity index (χ2n) is 12.7. The van der Waals surface area contributed by atoms with Gasteiger partial charge in [0, 0.05) is 64.3 Å². The molecule has 244 valence electrons. The van der Waals surface area contributed by atoms with E-state index in [9.17, 15) is 30.4 Å². The van der Waals surface area contributed by atoms with Crippen LogP contribution >= 0.6 is 0 Å². The van der Waals surface area contributed by atoms with Crippen molar-refractivity contribution in [1.82, 2.24) is 18.4 Å². The monoisotopic (exact) mass is 646 g/mol. The standard InChI is InChI=1S/C30H48F2N4O5S2/c1-4-36(30(37)19-23-5-15-34(16-6-23)42(2,38)39)28-9-12-33(13-10-28)14-11-29(25-20-26(31)22-27(32)21-25)24-7-17-35(18-8-24)43(3,40)41/h20-24,28-29H,4-19H2,1-3H3/t29-/m1/s1. The zero-order valence-corrected chi connectivity index (χ0v) is 27.4. The van der Waals surface area contributed by atoms with Gasteiger partial charge in [-0.2, -0.15) is 0 Å². The maximum absolute atomic E-state index is 14.2. The lowest BCUT2D eigenvalue weighted by atomic mass is 9.78. The molecule has 0 radical (unpaired) electrons. The molecule has 0 spiro atoms. The molecular weight excluding hydrogens is 598 g/mol. The molecule has 13 heteroatoms. The van der Waals surface area contributed by atoms with Crippen molar-refractivity contribution in [2.45, 2.75) is 70.3 Å². The molecule has 0 bridgehead atoms. The molecule has 0 N–H and O–H groups in total. The maximum atomic E-state index is 14.2. The lowest BCUT2D eigenvalue weighted by molar-refractivity contribution is -0.135. The second kappa shape index (κ2) is 14.6. The van der Waals surface area contributed by atoms with Crippen LogP contribution in [-0.2, 0) is 24.8 Å². The molecule has 1 atom stereocenters.